The van der Waals surface area contributed by atoms with Gasteiger partial charge in [0.15, 0.2) is 5.69 Å². The Morgan fingerprint density at radius 3 is 2.64 bits per heavy atom. The number of fused-ring (bicyclic) bond motifs is 1. The summed E-state index contributed by atoms with van der Waals surface area (Å²) in [5.74, 6) is 0.140. The molecule has 0 radical (unpaired) electrons. The molecule has 140 valence electrons. The lowest BCUT2D eigenvalue weighted by Gasteiger charge is -2.14. The van der Waals surface area contributed by atoms with Crippen LogP contribution < -0.4 is 10.6 Å². The maximum absolute atomic E-state index is 12.8. The first kappa shape index (κ1) is 18.0. The summed E-state index contributed by atoms with van der Waals surface area (Å²) in [4.78, 5) is 30.4. The summed E-state index contributed by atoms with van der Waals surface area (Å²) >= 11 is 1.45. The van der Waals surface area contributed by atoms with Crippen LogP contribution in [0.15, 0.2) is 60.2 Å². The summed E-state index contributed by atoms with van der Waals surface area (Å²) in [6, 6.07) is 13.1. The van der Waals surface area contributed by atoms with Gasteiger partial charge in [-0.3, -0.25) is 14.8 Å². The molecule has 0 fully saturated rings. The molecule has 0 aliphatic carbocycles. The molecule has 0 spiro atoms. The van der Waals surface area contributed by atoms with E-state index < -0.39 is 0 Å². The van der Waals surface area contributed by atoms with E-state index in [0.717, 1.165) is 21.6 Å². The molecule has 0 aliphatic heterocycles. The zero-order valence-corrected chi connectivity index (χ0v) is 16.0. The van der Waals surface area contributed by atoms with Crippen molar-refractivity contribution in [3.63, 3.8) is 0 Å². The Morgan fingerprint density at radius 1 is 1.07 bits per heavy atom. The highest BCUT2D eigenvalue weighted by Crippen LogP contribution is 2.25. The molecule has 0 aromatic carbocycles. The Labute approximate surface area is 165 Å². The molecule has 0 saturated heterocycles. The highest BCUT2D eigenvalue weighted by molar-refractivity contribution is 7.17. The van der Waals surface area contributed by atoms with E-state index in [1.54, 1.807) is 12.4 Å². The quantitative estimate of drug-likeness (QED) is 0.523. The Bertz CT molecular complexity index is 1080. The number of hydrogen-bond acceptors (Lipinski definition) is 7. The summed E-state index contributed by atoms with van der Waals surface area (Å²) in [7, 11) is 0. The first-order valence-corrected chi connectivity index (χ1v) is 9.69. The lowest BCUT2D eigenvalue weighted by atomic mass is 10.2. The second kappa shape index (κ2) is 8.10. The van der Waals surface area contributed by atoms with Crippen LogP contribution in [0.2, 0.25) is 0 Å². The molecule has 8 heteroatoms. The van der Waals surface area contributed by atoms with Gasteiger partial charge in [0.2, 0.25) is 5.95 Å². The van der Waals surface area contributed by atoms with E-state index in [9.17, 15) is 4.79 Å². The molecule has 1 unspecified atom stereocenters. The molecular formula is C20H18N6OS. The topological polar surface area (TPSA) is 92.7 Å². The number of nitrogens with zero attached hydrogens (tertiary/aromatic N) is 4. The van der Waals surface area contributed by atoms with Crippen molar-refractivity contribution < 1.29 is 4.79 Å². The Hall–Kier alpha value is -3.39. The van der Waals surface area contributed by atoms with Gasteiger partial charge in [-0.25, -0.2) is 9.97 Å². The number of anilines is 1. The van der Waals surface area contributed by atoms with Crippen LogP contribution in [-0.4, -0.2) is 25.8 Å². The summed E-state index contributed by atoms with van der Waals surface area (Å²) in [6.45, 7) is 2.31. The first-order valence-electron chi connectivity index (χ1n) is 8.81. The molecule has 1 amide bonds. The summed E-state index contributed by atoms with van der Waals surface area (Å²) in [5, 5.41) is 8.02. The molecule has 4 rings (SSSR count). The molecular weight excluding hydrogens is 372 g/mol. The van der Waals surface area contributed by atoms with Crippen molar-refractivity contribution >= 4 is 33.4 Å². The molecule has 7 nitrogen and oxygen atoms in total. The molecule has 4 heterocycles. The fourth-order valence-corrected chi connectivity index (χ4v) is 3.56. The Balaban J connectivity index is 1.57. The minimum atomic E-state index is -0.256. The third-order valence-electron chi connectivity index (χ3n) is 4.15. The second-order valence-corrected chi connectivity index (χ2v) is 7.07. The highest BCUT2D eigenvalue weighted by atomic mass is 32.1. The van der Waals surface area contributed by atoms with Crippen molar-refractivity contribution in [3.05, 3.63) is 77.3 Å². The SMILES string of the molecule is CC(Nc1nc(C(=O)NCc2ccccn2)c2sccc2n1)c1ccccn1. The van der Waals surface area contributed by atoms with Crippen LogP contribution in [0.25, 0.3) is 10.2 Å². The Morgan fingerprint density at radius 2 is 1.89 bits per heavy atom. The van der Waals surface area contributed by atoms with Crippen LogP contribution in [0, 0.1) is 0 Å². The molecule has 0 saturated carbocycles. The van der Waals surface area contributed by atoms with Crippen LogP contribution in [-0.2, 0) is 6.54 Å². The van der Waals surface area contributed by atoms with Gasteiger partial charge >= 0.3 is 0 Å². The number of pyridine rings is 2. The lowest BCUT2D eigenvalue weighted by molar-refractivity contribution is 0.0947. The summed E-state index contributed by atoms with van der Waals surface area (Å²) in [5.41, 5.74) is 2.75. The van der Waals surface area contributed by atoms with Crippen LogP contribution in [0.5, 0.6) is 0 Å². The van der Waals surface area contributed by atoms with E-state index in [1.165, 1.54) is 11.3 Å². The first-order chi connectivity index (χ1) is 13.7. The maximum Gasteiger partial charge on any atom is 0.271 e. The van der Waals surface area contributed by atoms with E-state index in [-0.39, 0.29) is 11.9 Å². The standard InChI is InChI=1S/C20H18N6OS/c1-13(15-7-3-5-10-22-15)24-20-25-16-8-11-28-18(16)17(26-20)19(27)23-12-14-6-2-4-9-21-14/h2-11,13H,12H2,1H3,(H,23,27)(H,24,25,26). The highest BCUT2D eigenvalue weighted by Gasteiger charge is 2.17. The Kier molecular flexibility index (Phi) is 5.20. The smallest absolute Gasteiger partial charge is 0.271 e. The van der Waals surface area contributed by atoms with Crippen molar-refractivity contribution in [3.8, 4) is 0 Å². The molecule has 0 aliphatic rings. The zero-order chi connectivity index (χ0) is 19.3. The number of rotatable bonds is 6. The molecule has 4 aromatic rings. The monoisotopic (exact) mass is 390 g/mol. The lowest BCUT2D eigenvalue weighted by Crippen LogP contribution is -2.25. The number of nitrogens with one attached hydrogen (secondary N) is 2. The van der Waals surface area contributed by atoms with Crippen molar-refractivity contribution in [2.24, 2.45) is 0 Å². The molecule has 0 bridgehead atoms. The number of thiophene rings is 1. The summed E-state index contributed by atoms with van der Waals surface area (Å²) < 4.78 is 0.759. The maximum atomic E-state index is 12.8. The predicted octanol–water partition coefficient (Wildman–Crippen LogP) is 3.58. The predicted molar refractivity (Wildman–Crippen MR) is 109 cm³/mol. The van der Waals surface area contributed by atoms with E-state index in [1.807, 2.05) is 54.8 Å². The second-order valence-electron chi connectivity index (χ2n) is 6.16. The largest absolute Gasteiger partial charge is 0.346 e. The van der Waals surface area contributed by atoms with E-state index >= 15 is 0 Å². The zero-order valence-electron chi connectivity index (χ0n) is 15.2. The minimum absolute atomic E-state index is 0.0956. The van der Waals surface area contributed by atoms with Crippen molar-refractivity contribution in [2.45, 2.75) is 19.5 Å². The number of aromatic nitrogens is 4. The van der Waals surface area contributed by atoms with E-state index in [4.69, 9.17) is 0 Å². The molecule has 2 N–H and O–H groups in total. The normalized spacial score (nSPS) is 11.9. The average molecular weight is 390 g/mol. The van der Waals surface area contributed by atoms with Gasteiger partial charge < -0.3 is 10.6 Å². The molecule has 1 atom stereocenters. The number of carbonyl (C=O) groups excluding carboxylic acids is 1. The number of amides is 1. The van der Waals surface area contributed by atoms with Gasteiger partial charge in [-0.1, -0.05) is 12.1 Å². The van der Waals surface area contributed by atoms with Gasteiger partial charge in [0.25, 0.3) is 5.91 Å². The van der Waals surface area contributed by atoms with E-state index in [0.29, 0.717) is 18.2 Å². The number of carbonyl (C=O) groups is 1. The van der Waals surface area contributed by atoms with Gasteiger partial charge in [-0.2, -0.15) is 0 Å². The van der Waals surface area contributed by atoms with Gasteiger partial charge in [-0.15, -0.1) is 11.3 Å². The third kappa shape index (κ3) is 3.96. The van der Waals surface area contributed by atoms with Crippen LogP contribution in [0.4, 0.5) is 5.95 Å². The van der Waals surface area contributed by atoms with Gasteiger partial charge in [0.1, 0.15) is 0 Å². The average Bonchev–Trinajstić information content (AvgIpc) is 3.21. The van der Waals surface area contributed by atoms with Crippen LogP contribution >= 0.6 is 11.3 Å². The molecule has 28 heavy (non-hydrogen) atoms. The van der Waals surface area contributed by atoms with Crippen LogP contribution in [0.1, 0.15) is 34.8 Å². The fraction of sp³-hybridized carbons (Fsp3) is 0.150. The van der Waals surface area contributed by atoms with Gasteiger partial charge in [-0.05, 0) is 42.6 Å². The van der Waals surface area contributed by atoms with Crippen molar-refractivity contribution in [2.75, 3.05) is 5.32 Å². The van der Waals surface area contributed by atoms with Gasteiger partial charge in [0.05, 0.1) is 34.2 Å². The van der Waals surface area contributed by atoms with Crippen molar-refractivity contribution in [1.29, 1.82) is 0 Å². The molecule has 4 aromatic heterocycles. The van der Waals surface area contributed by atoms with E-state index in [2.05, 4.69) is 30.6 Å². The van der Waals surface area contributed by atoms with Crippen LogP contribution in [0.3, 0.4) is 0 Å². The minimum Gasteiger partial charge on any atom is -0.346 e. The summed E-state index contributed by atoms with van der Waals surface area (Å²) in [6.07, 6.45) is 3.44. The number of hydrogen-bond donors (Lipinski definition) is 2. The third-order valence-corrected chi connectivity index (χ3v) is 5.06. The fourth-order valence-electron chi connectivity index (χ4n) is 2.74. The van der Waals surface area contributed by atoms with Crippen molar-refractivity contribution in [1.82, 2.24) is 25.3 Å². The van der Waals surface area contributed by atoms with Gasteiger partial charge in [0, 0.05) is 12.4 Å².